The highest BCUT2D eigenvalue weighted by atomic mass is 16.5. The molecule has 2 amide bonds. The molecule has 1 atom stereocenters. The Labute approximate surface area is 160 Å². The molecule has 2 aliphatic heterocycles. The van der Waals surface area contributed by atoms with Gasteiger partial charge >= 0.3 is 0 Å². The molecule has 3 aliphatic rings. The van der Waals surface area contributed by atoms with Crippen LogP contribution in [0.15, 0.2) is 6.07 Å². The number of carbonyl (C=O) groups excluding carboxylic acids is 2. The molecule has 1 saturated carbocycles. The minimum atomic E-state index is 0.0304. The molecule has 1 aromatic rings. The van der Waals surface area contributed by atoms with Crippen LogP contribution in [-0.4, -0.2) is 59.9 Å². The van der Waals surface area contributed by atoms with Gasteiger partial charge in [0.1, 0.15) is 0 Å². The average Bonchev–Trinajstić information content (AvgIpc) is 3.40. The van der Waals surface area contributed by atoms with Crippen molar-refractivity contribution in [2.24, 2.45) is 5.92 Å². The number of aromatic nitrogens is 1. The van der Waals surface area contributed by atoms with Gasteiger partial charge in [0, 0.05) is 24.7 Å². The Kier molecular flexibility index (Phi) is 5.04. The molecule has 7 heteroatoms. The Bertz CT molecular complexity index is 745. The van der Waals surface area contributed by atoms with E-state index in [2.05, 4.69) is 15.2 Å². The zero-order valence-electron chi connectivity index (χ0n) is 16.2. The number of likely N-dealkylation sites (tertiary alicyclic amines) is 1. The van der Waals surface area contributed by atoms with Crippen molar-refractivity contribution in [1.82, 2.24) is 20.1 Å². The van der Waals surface area contributed by atoms with E-state index in [-0.39, 0.29) is 17.7 Å². The molecule has 1 aliphatic carbocycles. The van der Waals surface area contributed by atoms with Crippen LogP contribution in [0.2, 0.25) is 0 Å². The molecule has 2 fully saturated rings. The van der Waals surface area contributed by atoms with Crippen LogP contribution >= 0.6 is 0 Å². The number of methoxy groups -OCH3 is 1. The lowest BCUT2D eigenvalue weighted by molar-refractivity contribution is -0.124. The van der Waals surface area contributed by atoms with Gasteiger partial charge in [0.15, 0.2) is 0 Å². The van der Waals surface area contributed by atoms with Gasteiger partial charge in [0.25, 0.3) is 5.91 Å². The number of fused-ring (bicyclic) bond motifs is 1. The van der Waals surface area contributed by atoms with E-state index in [0.717, 1.165) is 43.6 Å². The molecule has 1 aromatic heterocycles. The normalized spacial score (nSPS) is 23.1. The van der Waals surface area contributed by atoms with Gasteiger partial charge in [0.05, 0.1) is 30.8 Å². The lowest BCUT2D eigenvalue weighted by atomic mass is 10.1. The minimum absolute atomic E-state index is 0.0304. The SMILES string of the molecule is COc1nc2c(cc1CNC(=O)[C@H]1CCN(C)C1)C(=O)N(C1CCCC1)C2. The van der Waals surface area contributed by atoms with Crippen LogP contribution < -0.4 is 10.1 Å². The fraction of sp³-hybridized carbons (Fsp3) is 0.650. The van der Waals surface area contributed by atoms with Crippen LogP contribution in [0.5, 0.6) is 5.88 Å². The predicted molar refractivity (Wildman–Crippen MR) is 100 cm³/mol. The number of hydrogen-bond acceptors (Lipinski definition) is 5. The van der Waals surface area contributed by atoms with Crippen molar-refractivity contribution in [1.29, 1.82) is 0 Å². The van der Waals surface area contributed by atoms with Crippen LogP contribution in [-0.2, 0) is 17.9 Å². The van der Waals surface area contributed by atoms with Crippen molar-refractivity contribution >= 4 is 11.8 Å². The van der Waals surface area contributed by atoms with Crippen molar-refractivity contribution in [3.63, 3.8) is 0 Å². The molecule has 4 rings (SSSR count). The van der Waals surface area contributed by atoms with Crippen LogP contribution in [0.1, 0.15) is 53.7 Å². The molecular weight excluding hydrogens is 344 g/mol. The number of amides is 2. The average molecular weight is 372 g/mol. The molecule has 0 radical (unpaired) electrons. The molecular formula is C20H28N4O3. The first-order chi connectivity index (χ1) is 13.1. The number of rotatable bonds is 5. The van der Waals surface area contributed by atoms with Gasteiger partial charge in [-0.3, -0.25) is 9.59 Å². The second-order valence-electron chi connectivity index (χ2n) is 7.99. The molecule has 27 heavy (non-hydrogen) atoms. The zero-order valence-corrected chi connectivity index (χ0v) is 16.2. The molecule has 0 unspecified atom stereocenters. The summed E-state index contributed by atoms with van der Waals surface area (Å²) < 4.78 is 5.44. The molecule has 0 bridgehead atoms. The molecule has 7 nitrogen and oxygen atoms in total. The van der Waals surface area contributed by atoms with Crippen LogP contribution in [0, 0.1) is 5.92 Å². The van der Waals surface area contributed by atoms with E-state index < -0.39 is 0 Å². The first-order valence-electron chi connectivity index (χ1n) is 9.91. The highest BCUT2D eigenvalue weighted by molar-refractivity contribution is 5.98. The number of pyridine rings is 1. The Morgan fingerprint density at radius 2 is 2.11 bits per heavy atom. The quantitative estimate of drug-likeness (QED) is 0.849. The van der Waals surface area contributed by atoms with E-state index in [9.17, 15) is 9.59 Å². The number of carbonyl (C=O) groups is 2. The third kappa shape index (κ3) is 3.52. The van der Waals surface area contributed by atoms with Gasteiger partial charge in [-0.05, 0) is 38.9 Å². The topological polar surface area (TPSA) is 74.8 Å². The number of nitrogens with one attached hydrogen (secondary N) is 1. The van der Waals surface area contributed by atoms with Gasteiger partial charge in [-0.1, -0.05) is 12.8 Å². The second-order valence-corrected chi connectivity index (χ2v) is 7.99. The van der Waals surface area contributed by atoms with E-state index in [4.69, 9.17) is 4.74 Å². The third-order valence-electron chi connectivity index (χ3n) is 6.13. The van der Waals surface area contributed by atoms with Crippen molar-refractivity contribution < 1.29 is 14.3 Å². The summed E-state index contributed by atoms with van der Waals surface area (Å²) in [4.78, 5) is 34.0. The summed E-state index contributed by atoms with van der Waals surface area (Å²) in [7, 11) is 3.61. The van der Waals surface area contributed by atoms with E-state index in [1.807, 2.05) is 18.0 Å². The Balaban J connectivity index is 1.48. The predicted octanol–water partition coefficient (Wildman–Crippen LogP) is 1.56. The smallest absolute Gasteiger partial charge is 0.256 e. The third-order valence-corrected chi connectivity index (χ3v) is 6.13. The van der Waals surface area contributed by atoms with E-state index in [0.29, 0.717) is 30.6 Å². The highest BCUT2D eigenvalue weighted by Gasteiger charge is 2.36. The van der Waals surface area contributed by atoms with Crippen LogP contribution in [0.25, 0.3) is 0 Å². The van der Waals surface area contributed by atoms with Gasteiger partial charge in [-0.15, -0.1) is 0 Å². The summed E-state index contributed by atoms with van der Waals surface area (Å²) >= 11 is 0. The molecule has 1 saturated heterocycles. The summed E-state index contributed by atoms with van der Waals surface area (Å²) in [5, 5.41) is 3.00. The maximum atomic E-state index is 12.9. The second kappa shape index (κ2) is 7.46. The zero-order chi connectivity index (χ0) is 19.0. The highest BCUT2D eigenvalue weighted by Crippen LogP contribution is 2.33. The van der Waals surface area contributed by atoms with Crippen molar-refractivity contribution in [2.75, 3.05) is 27.2 Å². The van der Waals surface area contributed by atoms with E-state index >= 15 is 0 Å². The molecule has 0 aromatic carbocycles. The maximum absolute atomic E-state index is 12.9. The number of ether oxygens (including phenoxy) is 1. The summed E-state index contributed by atoms with van der Waals surface area (Å²) in [5.74, 6) is 0.652. The number of nitrogens with zero attached hydrogens (tertiary/aromatic N) is 3. The fourth-order valence-corrected chi connectivity index (χ4v) is 4.56. The van der Waals surface area contributed by atoms with Crippen molar-refractivity contribution in [3.05, 3.63) is 22.9 Å². The van der Waals surface area contributed by atoms with E-state index in [1.54, 1.807) is 7.11 Å². The molecule has 0 spiro atoms. The summed E-state index contributed by atoms with van der Waals surface area (Å²) in [6, 6.07) is 2.19. The maximum Gasteiger partial charge on any atom is 0.256 e. The molecule has 3 heterocycles. The first-order valence-corrected chi connectivity index (χ1v) is 9.91. The van der Waals surface area contributed by atoms with E-state index in [1.165, 1.54) is 12.8 Å². The largest absolute Gasteiger partial charge is 0.481 e. The summed E-state index contributed by atoms with van der Waals surface area (Å²) in [6.45, 7) is 2.64. The van der Waals surface area contributed by atoms with Crippen molar-refractivity contribution in [3.8, 4) is 5.88 Å². The lowest BCUT2D eigenvalue weighted by Gasteiger charge is -2.22. The van der Waals surface area contributed by atoms with Gasteiger partial charge < -0.3 is 19.9 Å². The van der Waals surface area contributed by atoms with Gasteiger partial charge in [-0.25, -0.2) is 4.98 Å². The van der Waals surface area contributed by atoms with Crippen LogP contribution in [0.3, 0.4) is 0 Å². The Morgan fingerprint density at radius 1 is 1.33 bits per heavy atom. The fourth-order valence-electron chi connectivity index (χ4n) is 4.56. The number of hydrogen-bond donors (Lipinski definition) is 1. The summed E-state index contributed by atoms with van der Waals surface area (Å²) in [6.07, 6.45) is 5.42. The molecule has 1 N–H and O–H groups in total. The monoisotopic (exact) mass is 372 g/mol. The van der Waals surface area contributed by atoms with Crippen LogP contribution in [0.4, 0.5) is 0 Å². The lowest BCUT2D eigenvalue weighted by Crippen LogP contribution is -2.33. The minimum Gasteiger partial charge on any atom is -0.481 e. The van der Waals surface area contributed by atoms with Gasteiger partial charge in [-0.2, -0.15) is 0 Å². The standard InChI is InChI=1S/C20H28N4O3/c1-23-8-7-13(11-23)18(25)21-10-14-9-16-17(22-19(14)27-2)12-24(20(16)26)15-5-3-4-6-15/h9,13,15H,3-8,10-12H2,1-2H3,(H,21,25)/t13-/m0/s1. The van der Waals surface area contributed by atoms with Gasteiger partial charge in [0.2, 0.25) is 11.8 Å². The van der Waals surface area contributed by atoms with Crippen molar-refractivity contribution in [2.45, 2.75) is 51.2 Å². The molecule has 146 valence electrons. The summed E-state index contributed by atoms with van der Waals surface area (Å²) in [5.41, 5.74) is 2.21. The first kappa shape index (κ1) is 18.2. The Hall–Kier alpha value is -2.15. The Morgan fingerprint density at radius 3 is 2.78 bits per heavy atom.